The number of allylic oxidation sites excluding steroid dienone is 2. The molecule has 0 amide bonds. The van der Waals surface area contributed by atoms with Crippen molar-refractivity contribution in [3.8, 4) is 0 Å². The number of carbonyl (C=O) groups is 2. The van der Waals surface area contributed by atoms with Crippen LogP contribution < -0.4 is 21.3 Å². The molecule has 4 N–H and O–H groups in total. The number of nitrogens with one attached hydrogen (secondary N) is 4. The third-order valence-corrected chi connectivity index (χ3v) is 5.78. The highest BCUT2D eigenvalue weighted by Gasteiger charge is 2.08. The van der Waals surface area contributed by atoms with Crippen molar-refractivity contribution in [2.24, 2.45) is 0 Å². The fraction of sp³-hybridized carbons (Fsp3) is 0.308. The summed E-state index contributed by atoms with van der Waals surface area (Å²) >= 11 is 11.6. The lowest BCUT2D eigenvalue weighted by molar-refractivity contribution is 0.103. The summed E-state index contributed by atoms with van der Waals surface area (Å²) in [6, 6.07) is 13.8. The van der Waals surface area contributed by atoms with Gasteiger partial charge in [-0.2, -0.15) is 0 Å². The molecule has 2 aliphatic heterocycles. The molecule has 0 aliphatic carbocycles. The van der Waals surface area contributed by atoms with Gasteiger partial charge >= 0.3 is 0 Å². The Morgan fingerprint density at radius 3 is 1.15 bits per heavy atom. The molecular weight excluding hydrogens is 471 g/mol. The fourth-order valence-corrected chi connectivity index (χ4v) is 3.63. The molecule has 0 unspecified atom stereocenters. The number of hydrogen-bond donors (Lipinski definition) is 4. The highest BCUT2D eigenvalue weighted by Crippen LogP contribution is 2.12. The maximum atomic E-state index is 11.9. The summed E-state index contributed by atoms with van der Waals surface area (Å²) in [6.07, 6.45) is 7.71. The van der Waals surface area contributed by atoms with Crippen LogP contribution in [0.2, 0.25) is 10.0 Å². The van der Waals surface area contributed by atoms with Gasteiger partial charge in [0, 0.05) is 59.5 Å². The Morgan fingerprint density at radius 2 is 0.853 bits per heavy atom. The molecule has 0 spiro atoms. The first-order valence-electron chi connectivity index (χ1n) is 11.5. The molecule has 2 fully saturated rings. The quantitative estimate of drug-likeness (QED) is 0.360. The molecule has 0 bridgehead atoms. The van der Waals surface area contributed by atoms with Gasteiger partial charge in [-0.15, -0.1) is 0 Å². The molecular formula is C26H30Cl2N4O2. The average molecular weight is 501 g/mol. The van der Waals surface area contributed by atoms with Gasteiger partial charge in [0.05, 0.1) is 0 Å². The topological polar surface area (TPSA) is 82.3 Å². The lowest BCUT2D eigenvalue weighted by Crippen LogP contribution is -2.24. The molecule has 2 heterocycles. The zero-order chi connectivity index (χ0) is 24.2. The predicted octanol–water partition coefficient (Wildman–Crippen LogP) is 4.67. The molecule has 180 valence electrons. The van der Waals surface area contributed by atoms with Crippen molar-refractivity contribution in [3.05, 3.63) is 93.5 Å². The van der Waals surface area contributed by atoms with E-state index in [0.29, 0.717) is 21.2 Å². The van der Waals surface area contributed by atoms with Crippen molar-refractivity contribution in [1.29, 1.82) is 0 Å². The van der Waals surface area contributed by atoms with Crippen LogP contribution in [0, 0.1) is 0 Å². The van der Waals surface area contributed by atoms with Crippen LogP contribution in [0.15, 0.2) is 72.3 Å². The predicted molar refractivity (Wildman–Crippen MR) is 138 cm³/mol. The molecule has 2 aromatic rings. The van der Waals surface area contributed by atoms with Crippen molar-refractivity contribution in [2.45, 2.75) is 25.7 Å². The van der Waals surface area contributed by atoms with Crippen LogP contribution in [0.5, 0.6) is 0 Å². The van der Waals surface area contributed by atoms with Crippen LogP contribution in [0.4, 0.5) is 0 Å². The Bertz CT molecular complexity index is 915. The standard InChI is InChI=1S/2C13H15ClN2O/c2*14-11-5-3-10(4-6-11)12(17)9-13-15-7-1-2-8-16-13/h2*3-6,9,15-16H,1-2,7-8H2. The SMILES string of the molecule is O=C(C=C1NCCCCN1)c1ccc(Cl)cc1.O=C(C=C1NCCCCN1)c1ccc(Cl)cc1. The minimum absolute atomic E-state index is 0.0152. The Morgan fingerprint density at radius 1 is 0.559 bits per heavy atom. The second-order valence-electron chi connectivity index (χ2n) is 7.98. The van der Waals surface area contributed by atoms with Crippen LogP contribution in [0.25, 0.3) is 0 Å². The lowest BCUT2D eigenvalue weighted by Gasteiger charge is -2.07. The van der Waals surface area contributed by atoms with Crippen molar-refractivity contribution in [1.82, 2.24) is 21.3 Å². The molecule has 2 aromatic carbocycles. The van der Waals surface area contributed by atoms with Crippen LogP contribution >= 0.6 is 23.2 Å². The van der Waals surface area contributed by atoms with E-state index in [9.17, 15) is 9.59 Å². The van der Waals surface area contributed by atoms with Crippen LogP contribution in [-0.4, -0.2) is 37.7 Å². The Balaban J connectivity index is 0.000000191. The van der Waals surface area contributed by atoms with Gasteiger partial charge in [0.1, 0.15) is 11.6 Å². The first-order valence-corrected chi connectivity index (χ1v) is 12.3. The molecule has 6 nitrogen and oxygen atoms in total. The van der Waals surface area contributed by atoms with Crippen molar-refractivity contribution in [2.75, 3.05) is 26.2 Å². The van der Waals surface area contributed by atoms with Gasteiger partial charge in [-0.25, -0.2) is 0 Å². The van der Waals surface area contributed by atoms with Gasteiger partial charge in [0.25, 0.3) is 0 Å². The summed E-state index contributed by atoms with van der Waals surface area (Å²) in [4.78, 5) is 23.9. The summed E-state index contributed by atoms with van der Waals surface area (Å²) < 4.78 is 0. The van der Waals surface area contributed by atoms with Crippen LogP contribution in [0.1, 0.15) is 46.4 Å². The summed E-state index contributed by atoms with van der Waals surface area (Å²) in [5, 5.41) is 14.1. The van der Waals surface area contributed by atoms with Crippen LogP contribution in [0.3, 0.4) is 0 Å². The summed E-state index contributed by atoms with van der Waals surface area (Å²) in [6.45, 7) is 3.64. The number of ketones is 2. The maximum Gasteiger partial charge on any atom is 0.189 e. The molecule has 4 rings (SSSR count). The van der Waals surface area contributed by atoms with E-state index in [-0.39, 0.29) is 11.6 Å². The number of benzene rings is 2. The van der Waals surface area contributed by atoms with E-state index >= 15 is 0 Å². The summed E-state index contributed by atoms with van der Waals surface area (Å²) in [7, 11) is 0. The van der Waals surface area contributed by atoms with Gasteiger partial charge in [0.15, 0.2) is 11.6 Å². The number of halogens is 2. The van der Waals surface area contributed by atoms with E-state index in [1.54, 1.807) is 60.7 Å². The highest BCUT2D eigenvalue weighted by atomic mass is 35.5. The molecule has 2 aliphatic rings. The van der Waals surface area contributed by atoms with E-state index < -0.39 is 0 Å². The maximum absolute atomic E-state index is 11.9. The lowest BCUT2D eigenvalue weighted by atomic mass is 10.1. The van der Waals surface area contributed by atoms with Crippen molar-refractivity contribution >= 4 is 34.8 Å². The zero-order valence-corrected chi connectivity index (χ0v) is 20.5. The van der Waals surface area contributed by atoms with Gasteiger partial charge in [-0.3, -0.25) is 9.59 Å². The Hall–Kier alpha value is -2.96. The molecule has 0 atom stereocenters. The summed E-state index contributed by atoms with van der Waals surface area (Å²) in [5.41, 5.74) is 1.30. The zero-order valence-electron chi connectivity index (χ0n) is 19.0. The smallest absolute Gasteiger partial charge is 0.189 e. The Kier molecular flexibility index (Phi) is 10.3. The fourth-order valence-electron chi connectivity index (χ4n) is 3.38. The van der Waals surface area contributed by atoms with E-state index in [4.69, 9.17) is 23.2 Å². The van der Waals surface area contributed by atoms with Crippen LogP contribution in [-0.2, 0) is 0 Å². The first kappa shape index (κ1) is 25.7. The van der Waals surface area contributed by atoms with Gasteiger partial charge < -0.3 is 21.3 Å². The molecule has 0 aromatic heterocycles. The molecule has 8 heteroatoms. The minimum atomic E-state index is -0.0152. The van der Waals surface area contributed by atoms with E-state index in [0.717, 1.165) is 63.5 Å². The first-order chi connectivity index (χ1) is 16.5. The third-order valence-electron chi connectivity index (χ3n) is 5.28. The molecule has 34 heavy (non-hydrogen) atoms. The van der Waals surface area contributed by atoms with Gasteiger partial charge in [0.2, 0.25) is 0 Å². The monoisotopic (exact) mass is 500 g/mol. The largest absolute Gasteiger partial charge is 0.372 e. The van der Waals surface area contributed by atoms with Gasteiger partial charge in [-0.1, -0.05) is 23.2 Å². The Labute approximate surface area is 210 Å². The number of hydrogen-bond acceptors (Lipinski definition) is 6. The molecule has 0 radical (unpaired) electrons. The van der Waals surface area contributed by atoms with Crippen molar-refractivity contribution in [3.63, 3.8) is 0 Å². The third kappa shape index (κ3) is 8.76. The molecule has 2 saturated heterocycles. The average Bonchev–Trinajstić information content (AvgIpc) is 3.25. The van der Waals surface area contributed by atoms with Gasteiger partial charge in [-0.05, 0) is 74.2 Å². The van der Waals surface area contributed by atoms with E-state index in [1.807, 2.05) is 0 Å². The second kappa shape index (κ2) is 13.7. The second-order valence-corrected chi connectivity index (χ2v) is 8.85. The number of rotatable bonds is 4. The molecule has 0 saturated carbocycles. The normalized spacial score (nSPS) is 15.5. The van der Waals surface area contributed by atoms with E-state index in [2.05, 4.69) is 21.3 Å². The van der Waals surface area contributed by atoms with E-state index in [1.165, 1.54) is 0 Å². The minimum Gasteiger partial charge on any atom is -0.372 e. The van der Waals surface area contributed by atoms with Crippen molar-refractivity contribution < 1.29 is 9.59 Å². The number of carbonyl (C=O) groups excluding carboxylic acids is 2. The highest BCUT2D eigenvalue weighted by molar-refractivity contribution is 6.31. The summed E-state index contributed by atoms with van der Waals surface area (Å²) in [5.74, 6) is 1.59.